The van der Waals surface area contributed by atoms with Crippen LogP contribution in [0.25, 0.3) is 0 Å². The van der Waals surface area contributed by atoms with Crippen molar-refractivity contribution in [2.75, 3.05) is 19.8 Å². The maximum atomic E-state index is 12.1. The van der Waals surface area contributed by atoms with Gasteiger partial charge in [0.25, 0.3) is 5.91 Å². The Morgan fingerprint density at radius 1 is 1.47 bits per heavy atom. The number of thiol groups is 1. The molecule has 1 aliphatic rings. The van der Waals surface area contributed by atoms with E-state index in [-0.39, 0.29) is 11.3 Å². The molecule has 0 unspecified atom stereocenters. The van der Waals surface area contributed by atoms with Gasteiger partial charge in [-0.15, -0.1) is 12.6 Å². The SMILES string of the molecule is CC1(CNC(=O)c2cc(S)ccc2Cl)CCOCC1. The Labute approximate surface area is 124 Å². The Morgan fingerprint density at radius 3 is 2.84 bits per heavy atom. The lowest BCUT2D eigenvalue weighted by molar-refractivity contribution is 0.0238. The molecule has 1 aromatic carbocycles. The molecule has 19 heavy (non-hydrogen) atoms. The van der Waals surface area contributed by atoms with Crippen molar-refractivity contribution in [2.45, 2.75) is 24.7 Å². The second-order valence-electron chi connectivity index (χ2n) is 5.27. The maximum absolute atomic E-state index is 12.1. The second-order valence-corrected chi connectivity index (χ2v) is 6.19. The summed E-state index contributed by atoms with van der Waals surface area (Å²) in [5, 5.41) is 3.42. The minimum atomic E-state index is -0.145. The van der Waals surface area contributed by atoms with Crippen LogP contribution in [0.5, 0.6) is 0 Å². The Bertz CT molecular complexity index is 473. The summed E-state index contributed by atoms with van der Waals surface area (Å²) < 4.78 is 5.35. The van der Waals surface area contributed by atoms with Gasteiger partial charge in [0, 0.05) is 24.7 Å². The Hall–Kier alpha value is -0.710. The van der Waals surface area contributed by atoms with E-state index in [4.69, 9.17) is 16.3 Å². The third kappa shape index (κ3) is 3.88. The summed E-state index contributed by atoms with van der Waals surface area (Å²) in [5.74, 6) is -0.145. The highest BCUT2D eigenvalue weighted by Crippen LogP contribution is 2.29. The van der Waals surface area contributed by atoms with Crippen molar-refractivity contribution in [3.8, 4) is 0 Å². The number of rotatable bonds is 3. The molecule has 0 spiro atoms. The van der Waals surface area contributed by atoms with Crippen molar-refractivity contribution in [3.05, 3.63) is 28.8 Å². The minimum Gasteiger partial charge on any atom is -0.381 e. The molecule has 2 rings (SSSR count). The van der Waals surface area contributed by atoms with Crippen molar-refractivity contribution in [1.82, 2.24) is 5.32 Å². The fourth-order valence-corrected chi connectivity index (χ4v) is 2.52. The van der Waals surface area contributed by atoms with E-state index in [0.717, 1.165) is 31.0 Å². The van der Waals surface area contributed by atoms with E-state index < -0.39 is 0 Å². The molecular formula is C14H18ClNO2S. The number of amides is 1. The largest absolute Gasteiger partial charge is 0.381 e. The summed E-state index contributed by atoms with van der Waals surface area (Å²) in [6.07, 6.45) is 1.93. The highest BCUT2D eigenvalue weighted by molar-refractivity contribution is 7.80. The normalized spacial score (nSPS) is 18.1. The van der Waals surface area contributed by atoms with Gasteiger partial charge in [0.2, 0.25) is 0 Å². The van der Waals surface area contributed by atoms with Crippen molar-refractivity contribution in [3.63, 3.8) is 0 Å². The molecule has 1 fully saturated rings. The average Bonchev–Trinajstić information content (AvgIpc) is 2.40. The molecule has 1 N–H and O–H groups in total. The van der Waals surface area contributed by atoms with E-state index in [1.165, 1.54) is 0 Å². The first kappa shape index (κ1) is 14.7. The Kier molecular flexibility index (Phi) is 4.76. The fourth-order valence-electron chi connectivity index (χ4n) is 2.12. The van der Waals surface area contributed by atoms with Crippen LogP contribution >= 0.6 is 24.2 Å². The number of carbonyl (C=O) groups excluding carboxylic acids is 1. The second kappa shape index (κ2) is 6.16. The minimum absolute atomic E-state index is 0.110. The summed E-state index contributed by atoms with van der Waals surface area (Å²) >= 11 is 10.3. The first-order valence-electron chi connectivity index (χ1n) is 6.35. The van der Waals surface area contributed by atoms with E-state index in [2.05, 4.69) is 24.9 Å². The van der Waals surface area contributed by atoms with E-state index >= 15 is 0 Å². The van der Waals surface area contributed by atoms with Crippen LogP contribution in [0.1, 0.15) is 30.1 Å². The van der Waals surface area contributed by atoms with Crippen molar-refractivity contribution in [1.29, 1.82) is 0 Å². The number of hydrogen-bond donors (Lipinski definition) is 2. The molecule has 1 aromatic rings. The Balaban J connectivity index is 1.99. The summed E-state index contributed by atoms with van der Waals surface area (Å²) in [6, 6.07) is 5.14. The monoisotopic (exact) mass is 299 g/mol. The molecule has 0 bridgehead atoms. The molecule has 1 amide bonds. The third-order valence-corrected chi connectivity index (χ3v) is 4.18. The first-order chi connectivity index (χ1) is 9.00. The number of ether oxygens (including phenoxy) is 1. The van der Waals surface area contributed by atoms with Gasteiger partial charge in [-0.2, -0.15) is 0 Å². The van der Waals surface area contributed by atoms with Crippen molar-refractivity contribution >= 4 is 30.1 Å². The zero-order valence-electron chi connectivity index (χ0n) is 10.9. The molecule has 1 heterocycles. The number of hydrogen-bond acceptors (Lipinski definition) is 3. The van der Waals surface area contributed by atoms with Crippen LogP contribution in [0.15, 0.2) is 23.1 Å². The van der Waals surface area contributed by atoms with Gasteiger partial charge in [0.1, 0.15) is 0 Å². The van der Waals surface area contributed by atoms with Gasteiger partial charge >= 0.3 is 0 Å². The number of carbonyl (C=O) groups is 1. The predicted octanol–water partition coefficient (Wildman–Crippen LogP) is 3.18. The number of benzene rings is 1. The Morgan fingerprint density at radius 2 is 2.16 bits per heavy atom. The average molecular weight is 300 g/mol. The van der Waals surface area contributed by atoms with E-state index in [0.29, 0.717) is 17.1 Å². The highest BCUT2D eigenvalue weighted by Gasteiger charge is 2.28. The molecule has 0 atom stereocenters. The van der Waals surface area contributed by atoms with E-state index in [9.17, 15) is 4.79 Å². The molecule has 104 valence electrons. The highest BCUT2D eigenvalue weighted by atomic mass is 35.5. The van der Waals surface area contributed by atoms with Crippen LogP contribution in [0.4, 0.5) is 0 Å². The summed E-state index contributed by atoms with van der Waals surface area (Å²) in [5.41, 5.74) is 0.587. The summed E-state index contributed by atoms with van der Waals surface area (Å²) in [4.78, 5) is 12.9. The van der Waals surface area contributed by atoms with Gasteiger partial charge in [-0.3, -0.25) is 4.79 Å². The fraction of sp³-hybridized carbons (Fsp3) is 0.500. The lowest BCUT2D eigenvalue weighted by Gasteiger charge is -2.33. The smallest absolute Gasteiger partial charge is 0.252 e. The van der Waals surface area contributed by atoms with Crippen molar-refractivity contribution in [2.24, 2.45) is 5.41 Å². The van der Waals surface area contributed by atoms with Gasteiger partial charge in [0.15, 0.2) is 0 Å². The van der Waals surface area contributed by atoms with Gasteiger partial charge in [-0.05, 0) is 36.5 Å². The van der Waals surface area contributed by atoms with Crippen LogP contribution in [-0.4, -0.2) is 25.7 Å². The van der Waals surface area contributed by atoms with Gasteiger partial charge < -0.3 is 10.1 Å². The molecule has 0 radical (unpaired) electrons. The van der Waals surface area contributed by atoms with Crippen LogP contribution < -0.4 is 5.32 Å². The van der Waals surface area contributed by atoms with Gasteiger partial charge in [-0.1, -0.05) is 18.5 Å². The molecule has 3 nitrogen and oxygen atoms in total. The topological polar surface area (TPSA) is 38.3 Å². The van der Waals surface area contributed by atoms with E-state index in [1.807, 2.05) is 0 Å². The quantitative estimate of drug-likeness (QED) is 0.841. The zero-order chi connectivity index (χ0) is 13.9. The van der Waals surface area contributed by atoms with Crippen LogP contribution in [0, 0.1) is 5.41 Å². The zero-order valence-corrected chi connectivity index (χ0v) is 12.6. The van der Waals surface area contributed by atoms with Crippen molar-refractivity contribution < 1.29 is 9.53 Å². The molecule has 5 heteroatoms. The molecule has 0 aliphatic carbocycles. The standard InChI is InChI=1S/C14H18ClNO2S/c1-14(4-6-18-7-5-14)9-16-13(17)11-8-10(19)2-3-12(11)15/h2-3,8,19H,4-7,9H2,1H3,(H,16,17). The summed E-state index contributed by atoms with van der Waals surface area (Å²) in [7, 11) is 0. The van der Waals surface area contributed by atoms with Gasteiger partial charge in [-0.25, -0.2) is 0 Å². The predicted molar refractivity (Wildman–Crippen MR) is 79.2 cm³/mol. The lowest BCUT2D eigenvalue weighted by atomic mass is 9.82. The van der Waals surface area contributed by atoms with Crippen LogP contribution in [0.2, 0.25) is 5.02 Å². The summed E-state index contributed by atoms with van der Waals surface area (Å²) in [6.45, 7) is 4.34. The molecule has 0 aromatic heterocycles. The number of nitrogens with one attached hydrogen (secondary N) is 1. The first-order valence-corrected chi connectivity index (χ1v) is 7.17. The van der Waals surface area contributed by atoms with Crippen LogP contribution in [-0.2, 0) is 4.74 Å². The molecular weight excluding hydrogens is 282 g/mol. The van der Waals surface area contributed by atoms with Crippen LogP contribution in [0.3, 0.4) is 0 Å². The maximum Gasteiger partial charge on any atom is 0.252 e. The van der Waals surface area contributed by atoms with Gasteiger partial charge in [0.05, 0.1) is 10.6 Å². The molecule has 0 saturated carbocycles. The third-order valence-electron chi connectivity index (χ3n) is 3.57. The molecule has 1 aliphatic heterocycles. The number of halogens is 1. The van der Waals surface area contributed by atoms with E-state index in [1.54, 1.807) is 18.2 Å². The molecule has 1 saturated heterocycles. The lowest BCUT2D eigenvalue weighted by Crippen LogP contribution is -2.39.